The molecule has 1 aromatic carbocycles. The summed E-state index contributed by atoms with van der Waals surface area (Å²) in [5, 5.41) is 9.63. The zero-order chi connectivity index (χ0) is 19.5. The Bertz CT molecular complexity index is 952. The van der Waals surface area contributed by atoms with Gasteiger partial charge in [0.1, 0.15) is 11.1 Å². The van der Waals surface area contributed by atoms with E-state index in [2.05, 4.69) is 6.07 Å². The van der Waals surface area contributed by atoms with Crippen molar-refractivity contribution >= 4 is 29.3 Å². The number of hydrogen-bond acceptors (Lipinski definition) is 5. The highest BCUT2D eigenvalue weighted by Crippen LogP contribution is 2.35. The second-order valence-electron chi connectivity index (χ2n) is 7.19. The summed E-state index contributed by atoms with van der Waals surface area (Å²) in [6, 6.07) is 13.1. The van der Waals surface area contributed by atoms with Crippen LogP contribution in [0.3, 0.4) is 0 Å². The number of carbonyl (C=O) groups excluding carboxylic acids is 2. The van der Waals surface area contributed by atoms with Gasteiger partial charge in [-0.15, -0.1) is 0 Å². The molecule has 1 aliphatic heterocycles. The van der Waals surface area contributed by atoms with Crippen molar-refractivity contribution < 1.29 is 9.59 Å². The Morgan fingerprint density at radius 3 is 2.57 bits per heavy atom. The molecule has 0 radical (unpaired) electrons. The Labute approximate surface area is 168 Å². The van der Waals surface area contributed by atoms with Gasteiger partial charge < -0.3 is 0 Å². The Balaban J connectivity index is 1.60. The number of aromatic nitrogens is 1. The van der Waals surface area contributed by atoms with E-state index >= 15 is 0 Å². The minimum atomic E-state index is -0.543. The van der Waals surface area contributed by atoms with E-state index in [1.54, 1.807) is 24.3 Å². The van der Waals surface area contributed by atoms with Gasteiger partial charge in [-0.3, -0.25) is 9.59 Å². The van der Waals surface area contributed by atoms with Crippen LogP contribution in [0.5, 0.6) is 0 Å². The Morgan fingerprint density at radius 1 is 1.07 bits per heavy atom. The van der Waals surface area contributed by atoms with Crippen molar-refractivity contribution in [3.8, 4) is 6.07 Å². The highest BCUT2D eigenvalue weighted by atomic mass is 32.2. The van der Waals surface area contributed by atoms with E-state index in [-0.39, 0.29) is 18.2 Å². The number of hydrogen-bond donors (Lipinski definition) is 0. The normalized spacial score (nSPS) is 19.7. The molecule has 0 saturated carbocycles. The second-order valence-corrected chi connectivity index (χ2v) is 8.38. The second kappa shape index (κ2) is 8.15. The molecule has 6 heteroatoms. The quantitative estimate of drug-likeness (QED) is 0.739. The summed E-state index contributed by atoms with van der Waals surface area (Å²) < 4.78 is 0. The molecule has 1 fully saturated rings. The fourth-order valence-electron chi connectivity index (χ4n) is 3.82. The maximum absolute atomic E-state index is 12.9. The van der Waals surface area contributed by atoms with Crippen molar-refractivity contribution in [2.45, 2.75) is 55.2 Å². The minimum Gasteiger partial charge on any atom is -0.274 e. The van der Waals surface area contributed by atoms with E-state index in [0.717, 1.165) is 36.9 Å². The first-order chi connectivity index (χ1) is 13.7. The molecule has 2 amide bonds. The first-order valence-corrected chi connectivity index (χ1v) is 10.6. The van der Waals surface area contributed by atoms with E-state index < -0.39 is 5.25 Å². The lowest BCUT2D eigenvalue weighted by molar-refractivity contribution is -0.121. The molecule has 0 spiro atoms. The highest BCUT2D eigenvalue weighted by Gasteiger charge is 2.40. The molecule has 1 aromatic heterocycles. The lowest BCUT2D eigenvalue weighted by Gasteiger charge is -2.17. The van der Waals surface area contributed by atoms with Crippen molar-refractivity contribution in [3.05, 3.63) is 53.2 Å². The number of fused-ring (bicyclic) bond motifs is 1. The lowest BCUT2D eigenvalue weighted by atomic mass is 9.96. The zero-order valence-electron chi connectivity index (χ0n) is 15.6. The molecule has 1 unspecified atom stereocenters. The van der Waals surface area contributed by atoms with Gasteiger partial charge in [0.05, 0.1) is 16.5 Å². The molecule has 1 saturated heterocycles. The predicted octanol–water partition coefficient (Wildman–Crippen LogP) is 4.04. The van der Waals surface area contributed by atoms with Crippen LogP contribution in [0.15, 0.2) is 41.4 Å². The zero-order valence-corrected chi connectivity index (χ0v) is 16.4. The van der Waals surface area contributed by atoms with E-state index in [0.29, 0.717) is 16.3 Å². The number of benzene rings is 1. The van der Waals surface area contributed by atoms with Crippen molar-refractivity contribution in [3.63, 3.8) is 0 Å². The van der Waals surface area contributed by atoms with Crippen molar-refractivity contribution in [1.29, 1.82) is 5.26 Å². The van der Waals surface area contributed by atoms with Crippen LogP contribution < -0.4 is 4.90 Å². The van der Waals surface area contributed by atoms with Gasteiger partial charge >= 0.3 is 0 Å². The number of nitriles is 1. The number of imide groups is 1. The van der Waals surface area contributed by atoms with E-state index in [9.17, 15) is 14.9 Å². The molecule has 2 aliphatic rings. The molecule has 142 valence electrons. The molecule has 2 heterocycles. The first-order valence-electron chi connectivity index (χ1n) is 9.69. The fourth-order valence-corrected chi connectivity index (χ4v) is 4.91. The van der Waals surface area contributed by atoms with Gasteiger partial charge in [-0.2, -0.15) is 5.26 Å². The van der Waals surface area contributed by atoms with Crippen LogP contribution in [0.2, 0.25) is 0 Å². The largest absolute Gasteiger partial charge is 0.274 e. The molecule has 4 rings (SSSR count). The summed E-state index contributed by atoms with van der Waals surface area (Å²) in [6.45, 7) is 0. The molecule has 0 N–H and O–H groups in total. The van der Waals surface area contributed by atoms with Gasteiger partial charge in [-0.1, -0.05) is 42.8 Å². The van der Waals surface area contributed by atoms with E-state index in [1.165, 1.54) is 29.5 Å². The number of aryl methyl sites for hydroxylation is 2. The van der Waals surface area contributed by atoms with Gasteiger partial charge in [0.15, 0.2) is 0 Å². The highest BCUT2D eigenvalue weighted by molar-refractivity contribution is 8.00. The van der Waals surface area contributed by atoms with Crippen LogP contribution in [0.4, 0.5) is 5.69 Å². The molecular weight excluding hydrogens is 370 g/mol. The van der Waals surface area contributed by atoms with Gasteiger partial charge in [0.2, 0.25) is 11.8 Å². The number of rotatable bonds is 3. The Kier molecular flexibility index (Phi) is 5.45. The van der Waals surface area contributed by atoms with Crippen LogP contribution in [0.1, 0.15) is 48.9 Å². The monoisotopic (exact) mass is 391 g/mol. The number of thioether (sulfide) groups is 1. The molecule has 28 heavy (non-hydrogen) atoms. The average Bonchev–Trinajstić information content (AvgIpc) is 2.96. The maximum Gasteiger partial charge on any atom is 0.247 e. The number of nitrogens with zero attached hydrogens (tertiary/aromatic N) is 3. The number of anilines is 1. The van der Waals surface area contributed by atoms with Crippen LogP contribution in [0, 0.1) is 11.3 Å². The van der Waals surface area contributed by atoms with Gasteiger partial charge in [-0.05, 0) is 49.4 Å². The van der Waals surface area contributed by atoms with Crippen LogP contribution in [0.25, 0.3) is 0 Å². The van der Waals surface area contributed by atoms with Gasteiger partial charge in [0.25, 0.3) is 0 Å². The summed E-state index contributed by atoms with van der Waals surface area (Å²) in [6.07, 6.45) is 6.61. The maximum atomic E-state index is 12.9. The minimum absolute atomic E-state index is 0.127. The Hall–Kier alpha value is -2.65. The number of para-hydroxylation sites is 1. The summed E-state index contributed by atoms with van der Waals surface area (Å²) in [5.41, 5.74) is 3.29. The van der Waals surface area contributed by atoms with Gasteiger partial charge in [0, 0.05) is 12.1 Å². The first kappa shape index (κ1) is 18.7. The van der Waals surface area contributed by atoms with Crippen LogP contribution in [-0.4, -0.2) is 22.0 Å². The fraction of sp³-hybridized carbons (Fsp3) is 0.364. The molecule has 1 aliphatic carbocycles. The number of amides is 2. The third-order valence-electron chi connectivity index (χ3n) is 5.26. The third-order valence-corrected chi connectivity index (χ3v) is 6.45. The summed E-state index contributed by atoms with van der Waals surface area (Å²) >= 11 is 1.25. The molecule has 0 bridgehead atoms. The lowest BCUT2D eigenvalue weighted by Crippen LogP contribution is -2.31. The summed E-state index contributed by atoms with van der Waals surface area (Å²) in [7, 11) is 0. The SMILES string of the molecule is N#Cc1cc2c(nc1SC1CC(=O)N(c3ccccc3)C1=O)CCCCCC2. The predicted molar refractivity (Wildman–Crippen MR) is 108 cm³/mol. The number of pyridine rings is 1. The van der Waals surface area contributed by atoms with Crippen molar-refractivity contribution in [2.75, 3.05) is 4.90 Å². The number of carbonyl (C=O) groups is 2. The smallest absolute Gasteiger partial charge is 0.247 e. The summed E-state index contributed by atoms with van der Waals surface area (Å²) in [4.78, 5) is 31.4. The van der Waals surface area contributed by atoms with Crippen LogP contribution >= 0.6 is 11.8 Å². The topological polar surface area (TPSA) is 74.1 Å². The van der Waals surface area contributed by atoms with E-state index in [1.807, 2.05) is 12.1 Å². The molecular formula is C22H21N3O2S. The molecule has 1 atom stereocenters. The average molecular weight is 391 g/mol. The van der Waals surface area contributed by atoms with Gasteiger partial charge in [-0.25, -0.2) is 9.88 Å². The Morgan fingerprint density at radius 2 is 1.82 bits per heavy atom. The third kappa shape index (κ3) is 3.67. The summed E-state index contributed by atoms with van der Waals surface area (Å²) in [5.74, 6) is -0.447. The standard InChI is InChI=1S/C22H21N3O2S/c23-14-16-12-15-8-4-1-2-7-11-18(15)24-21(16)28-19-13-20(26)25(22(19)27)17-9-5-3-6-10-17/h3,5-6,9-10,12,19H,1-2,4,7-8,11,13H2. The van der Waals surface area contributed by atoms with Crippen molar-refractivity contribution in [1.82, 2.24) is 4.98 Å². The van der Waals surface area contributed by atoms with Crippen molar-refractivity contribution in [2.24, 2.45) is 0 Å². The molecule has 5 nitrogen and oxygen atoms in total. The van der Waals surface area contributed by atoms with E-state index in [4.69, 9.17) is 4.98 Å². The van der Waals surface area contributed by atoms with Crippen LogP contribution in [-0.2, 0) is 22.4 Å². The molecule has 2 aromatic rings.